The standard InChI is InChI=1S/C19H24Cl2N4O2.ClH/c1-19(2,11-23-18(27)25-13-6-4-3-5-7-13)24-10-16(26)12-8-14(20)17(22)15(21)9-12;/h3-9,16,24,26H,10-11,22H2,1-2H3,(H2,23,25,27);1H. The molecule has 1 atom stereocenters. The van der Waals surface area contributed by atoms with Crippen molar-refractivity contribution in [3.63, 3.8) is 0 Å². The third-order valence-corrected chi connectivity index (χ3v) is 4.61. The first-order valence-corrected chi connectivity index (χ1v) is 9.21. The fraction of sp³-hybridized carbons (Fsp3) is 0.316. The number of hydrogen-bond acceptors (Lipinski definition) is 4. The summed E-state index contributed by atoms with van der Waals surface area (Å²) in [6, 6.07) is 12.1. The van der Waals surface area contributed by atoms with Gasteiger partial charge in [0.2, 0.25) is 0 Å². The Morgan fingerprint density at radius 1 is 1.18 bits per heavy atom. The Balaban J connectivity index is 0.00000392. The van der Waals surface area contributed by atoms with Crippen LogP contribution >= 0.6 is 35.6 Å². The van der Waals surface area contributed by atoms with Crippen molar-refractivity contribution in [2.45, 2.75) is 25.5 Å². The van der Waals surface area contributed by atoms with Crippen molar-refractivity contribution in [2.24, 2.45) is 0 Å². The molecule has 9 heteroatoms. The quantitative estimate of drug-likeness (QED) is 0.410. The summed E-state index contributed by atoms with van der Waals surface area (Å²) in [4.78, 5) is 12.0. The lowest BCUT2D eigenvalue weighted by Crippen LogP contribution is -2.50. The van der Waals surface area contributed by atoms with Crippen LogP contribution in [0.2, 0.25) is 10.0 Å². The predicted molar refractivity (Wildman–Crippen MR) is 119 cm³/mol. The number of para-hydroxylation sites is 1. The number of aliphatic hydroxyl groups is 1. The molecular formula is C19H25Cl3N4O2. The summed E-state index contributed by atoms with van der Waals surface area (Å²) in [7, 11) is 0. The van der Waals surface area contributed by atoms with Crippen LogP contribution in [0.5, 0.6) is 0 Å². The number of nitrogens with two attached hydrogens (primary N) is 1. The highest BCUT2D eigenvalue weighted by atomic mass is 35.5. The summed E-state index contributed by atoms with van der Waals surface area (Å²) in [5.41, 5.74) is 6.83. The molecule has 0 bridgehead atoms. The van der Waals surface area contributed by atoms with Crippen LogP contribution < -0.4 is 21.7 Å². The highest BCUT2D eigenvalue weighted by Gasteiger charge is 2.21. The zero-order valence-electron chi connectivity index (χ0n) is 15.6. The van der Waals surface area contributed by atoms with Gasteiger partial charge < -0.3 is 26.8 Å². The molecule has 0 aliphatic rings. The number of carbonyl (C=O) groups is 1. The molecule has 6 N–H and O–H groups in total. The molecule has 28 heavy (non-hydrogen) atoms. The number of rotatable bonds is 7. The molecule has 0 aliphatic carbocycles. The summed E-state index contributed by atoms with van der Waals surface area (Å²) >= 11 is 12.0. The van der Waals surface area contributed by atoms with Gasteiger partial charge in [0.15, 0.2) is 0 Å². The van der Waals surface area contributed by atoms with Gasteiger partial charge in [-0.3, -0.25) is 0 Å². The van der Waals surface area contributed by atoms with Crippen molar-refractivity contribution in [3.05, 3.63) is 58.1 Å². The van der Waals surface area contributed by atoms with Crippen molar-refractivity contribution in [2.75, 3.05) is 24.1 Å². The van der Waals surface area contributed by atoms with Crippen LogP contribution in [-0.2, 0) is 0 Å². The minimum Gasteiger partial charge on any atom is -0.396 e. The van der Waals surface area contributed by atoms with Gasteiger partial charge in [-0.25, -0.2) is 4.79 Å². The first-order valence-electron chi connectivity index (χ1n) is 8.45. The van der Waals surface area contributed by atoms with Gasteiger partial charge in [0.25, 0.3) is 0 Å². The second-order valence-electron chi connectivity index (χ2n) is 6.85. The van der Waals surface area contributed by atoms with E-state index in [1.54, 1.807) is 12.1 Å². The van der Waals surface area contributed by atoms with E-state index in [1.165, 1.54) is 0 Å². The normalized spacial score (nSPS) is 12.0. The number of urea groups is 1. The molecule has 154 valence electrons. The number of carbonyl (C=O) groups excluding carboxylic acids is 1. The second kappa shape index (κ2) is 10.7. The van der Waals surface area contributed by atoms with Crippen LogP contribution in [0.1, 0.15) is 25.5 Å². The van der Waals surface area contributed by atoms with Crippen LogP contribution in [-0.4, -0.2) is 29.8 Å². The molecule has 2 rings (SSSR count). The van der Waals surface area contributed by atoms with Gasteiger partial charge in [-0.05, 0) is 43.7 Å². The summed E-state index contributed by atoms with van der Waals surface area (Å²) in [5.74, 6) is 0. The van der Waals surface area contributed by atoms with Crippen LogP contribution in [0.4, 0.5) is 16.2 Å². The molecule has 0 aliphatic heterocycles. The average molecular weight is 448 g/mol. The van der Waals surface area contributed by atoms with Crippen molar-refractivity contribution < 1.29 is 9.90 Å². The predicted octanol–water partition coefficient (Wildman–Crippen LogP) is 4.22. The Kier molecular flexibility index (Phi) is 9.33. The van der Waals surface area contributed by atoms with E-state index >= 15 is 0 Å². The van der Waals surface area contributed by atoms with E-state index in [0.717, 1.165) is 0 Å². The van der Waals surface area contributed by atoms with Crippen LogP contribution in [0, 0.1) is 0 Å². The molecule has 1 unspecified atom stereocenters. The summed E-state index contributed by atoms with van der Waals surface area (Å²) in [6.07, 6.45) is -0.821. The van der Waals surface area contributed by atoms with Gasteiger partial charge in [0.1, 0.15) is 0 Å². The van der Waals surface area contributed by atoms with Gasteiger partial charge in [0, 0.05) is 24.3 Å². The van der Waals surface area contributed by atoms with Gasteiger partial charge >= 0.3 is 6.03 Å². The second-order valence-corrected chi connectivity index (χ2v) is 7.67. The number of halogens is 3. The molecule has 2 amide bonds. The van der Waals surface area contributed by atoms with E-state index in [-0.39, 0.29) is 30.7 Å². The van der Waals surface area contributed by atoms with Crippen LogP contribution in [0.3, 0.4) is 0 Å². The highest BCUT2D eigenvalue weighted by Crippen LogP contribution is 2.31. The molecule has 0 saturated heterocycles. The topological polar surface area (TPSA) is 99.4 Å². The lowest BCUT2D eigenvalue weighted by atomic mass is 10.0. The Morgan fingerprint density at radius 2 is 1.75 bits per heavy atom. The number of β-amino-alcohol motifs (C(OH)–C–C–N with tert-alkyl or cyclic N) is 1. The number of amides is 2. The Hall–Kier alpha value is -1.70. The SMILES string of the molecule is CC(C)(CNC(=O)Nc1ccccc1)NCC(O)c1cc(Cl)c(N)c(Cl)c1.Cl. The lowest BCUT2D eigenvalue weighted by molar-refractivity contribution is 0.160. The maximum absolute atomic E-state index is 12.0. The number of benzene rings is 2. The molecule has 2 aromatic carbocycles. The summed E-state index contributed by atoms with van der Waals surface area (Å²) in [6.45, 7) is 4.46. The molecular weight excluding hydrogens is 423 g/mol. The van der Waals surface area contributed by atoms with E-state index in [4.69, 9.17) is 28.9 Å². The Morgan fingerprint density at radius 3 is 2.32 bits per heavy atom. The fourth-order valence-electron chi connectivity index (χ4n) is 2.35. The van der Waals surface area contributed by atoms with Crippen molar-refractivity contribution in [1.29, 1.82) is 0 Å². The average Bonchev–Trinajstić information content (AvgIpc) is 2.63. The zero-order chi connectivity index (χ0) is 20.0. The molecule has 0 fully saturated rings. The number of hydrogen-bond donors (Lipinski definition) is 5. The monoisotopic (exact) mass is 446 g/mol. The maximum Gasteiger partial charge on any atom is 0.319 e. The molecule has 2 aromatic rings. The van der Waals surface area contributed by atoms with Crippen molar-refractivity contribution in [3.8, 4) is 0 Å². The van der Waals surface area contributed by atoms with E-state index in [9.17, 15) is 9.90 Å². The van der Waals surface area contributed by atoms with Gasteiger partial charge in [-0.1, -0.05) is 41.4 Å². The van der Waals surface area contributed by atoms with E-state index in [1.807, 2.05) is 44.2 Å². The highest BCUT2D eigenvalue weighted by molar-refractivity contribution is 6.38. The minimum atomic E-state index is -0.821. The number of anilines is 2. The summed E-state index contributed by atoms with van der Waals surface area (Å²) in [5, 5.41) is 19.8. The molecule has 6 nitrogen and oxygen atoms in total. The Bertz CT molecular complexity index is 765. The Labute approximate surface area is 181 Å². The lowest BCUT2D eigenvalue weighted by Gasteiger charge is -2.28. The first kappa shape index (κ1) is 24.3. The summed E-state index contributed by atoms with van der Waals surface area (Å²) < 4.78 is 0. The van der Waals surface area contributed by atoms with Crippen molar-refractivity contribution >= 4 is 53.0 Å². The number of nitrogen functional groups attached to an aromatic ring is 1. The van der Waals surface area contributed by atoms with Gasteiger partial charge in [-0.2, -0.15) is 0 Å². The minimum absolute atomic E-state index is 0. The van der Waals surface area contributed by atoms with Gasteiger partial charge in [-0.15, -0.1) is 12.4 Å². The van der Waals surface area contributed by atoms with E-state index in [2.05, 4.69) is 16.0 Å². The largest absolute Gasteiger partial charge is 0.396 e. The third kappa shape index (κ3) is 7.37. The van der Waals surface area contributed by atoms with E-state index < -0.39 is 11.6 Å². The van der Waals surface area contributed by atoms with Gasteiger partial charge in [0.05, 0.1) is 21.8 Å². The number of nitrogens with one attached hydrogen (secondary N) is 3. The molecule has 0 spiro atoms. The smallest absolute Gasteiger partial charge is 0.319 e. The van der Waals surface area contributed by atoms with Crippen molar-refractivity contribution in [1.82, 2.24) is 10.6 Å². The molecule has 0 aromatic heterocycles. The molecule has 0 radical (unpaired) electrons. The maximum atomic E-state index is 12.0. The number of aliphatic hydroxyl groups excluding tert-OH is 1. The fourth-order valence-corrected chi connectivity index (χ4v) is 2.85. The molecule has 0 heterocycles. The van der Waals surface area contributed by atoms with Crippen LogP contribution in [0.15, 0.2) is 42.5 Å². The van der Waals surface area contributed by atoms with Crippen LogP contribution in [0.25, 0.3) is 0 Å². The first-order chi connectivity index (χ1) is 12.7. The molecule has 0 saturated carbocycles. The van der Waals surface area contributed by atoms with E-state index in [0.29, 0.717) is 27.8 Å². The zero-order valence-corrected chi connectivity index (χ0v) is 18.0. The third-order valence-electron chi connectivity index (χ3n) is 3.98.